The molecule has 0 aliphatic carbocycles. The second-order valence-corrected chi connectivity index (χ2v) is 7.59. The summed E-state index contributed by atoms with van der Waals surface area (Å²) in [6.07, 6.45) is 1.73. The third-order valence-electron chi connectivity index (χ3n) is 3.04. The highest BCUT2D eigenvalue weighted by molar-refractivity contribution is 8.13. The number of carbonyl (C=O) groups excluding carboxylic acids is 2. The Hall–Kier alpha value is -1.29. The van der Waals surface area contributed by atoms with Crippen LogP contribution in [0, 0.1) is 12.8 Å². The summed E-state index contributed by atoms with van der Waals surface area (Å²) in [5, 5.41) is 0.0385. The maximum Gasteiger partial charge on any atom is 0.307 e. The molecular weight excluding hydrogens is 296 g/mol. The highest BCUT2D eigenvalue weighted by Gasteiger charge is 2.25. The minimum absolute atomic E-state index is 0.0385. The van der Waals surface area contributed by atoms with Gasteiger partial charge in [0.2, 0.25) is 0 Å². The first-order chi connectivity index (χ1) is 10.2. The van der Waals surface area contributed by atoms with Crippen LogP contribution in [-0.2, 0) is 14.3 Å². The van der Waals surface area contributed by atoms with Crippen LogP contribution in [0.1, 0.15) is 52.5 Å². The lowest BCUT2D eigenvalue weighted by Crippen LogP contribution is -2.26. The van der Waals surface area contributed by atoms with Crippen LogP contribution in [0.5, 0.6) is 0 Å². The normalized spacial score (nSPS) is 12.8. The molecular formula is C18H26O3S. The van der Waals surface area contributed by atoms with Crippen molar-refractivity contribution in [2.24, 2.45) is 5.92 Å². The number of thioether (sulfide) groups is 1. The molecule has 0 radical (unpaired) electrons. The van der Waals surface area contributed by atoms with Crippen molar-refractivity contribution in [2.45, 2.75) is 64.4 Å². The molecule has 0 heterocycles. The van der Waals surface area contributed by atoms with Gasteiger partial charge >= 0.3 is 5.97 Å². The van der Waals surface area contributed by atoms with Crippen molar-refractivity contribution in [3.8, 4) is 0 Å². The fourth-order valence-corrected chi connectivity index (χ4v) is 2.91. The maximum atomic E-state index is 12.4. The van der Waals surface area contributed by atoms with E-state index in [0.717, 1.165) is 16.9 Å². The van der Waals surface area contributed by atoms with Crippen LogP contribution in [0.25, 0.3) is 0 Å². The van der Waals surface area contributed by atoms with Gasteiger partial charge < -0.3 is 4.74 Å². The third-order valence-corrected chi connectivity index (χ3v) is 4.09. The fourth-order valence-electron chi connectivity index (χ4n) is 2.04. The van der Waals surface area contributed by atoms with E-state index in [4.69, 9.17) is 4.74 Å². The molecule has 22 heavy (non-hydrogen) atoms. The second-order valence-electron chi connectivity index (χ2n) is 6.51. The van der Waals surface area contributed by atoms with E-state index in [-0.39, 0.29) is 23.4 Å². The molecule has 0 saturated carbocycles. The Bertz CT molecular complexity index is 500. The van der Waals surface area contributed by atoms with Crippen molar-refractivity contribution in [3.63, 3.8) is 0 Å². The summed E-state index contributed by atoms with van der Waals surface area (Å²) >= 11 is 1.21. The summed E-state index contributed by atoms with van der Waals surface area (Å²) in [6.45, 7) is 9.54. The molecule has 0 aliphatic rings. The summed E-state index contributed by atoms with van der Waals surface area (Å²) in [4.78, 5) is 25.3. The van der Waals surface area contributed by atoms with Crippen LogP contribution in [0.15, 0.2) is 29.2 Å². The average Bonchev–Trinajstić information content (AvgIpc) is 2.38. The van der Waals surface area contributed by atoms with Crippen LogP contribution < -0.4 is 0 Å². The van der Waals surface area contributed by atoms with Gasteiger partial charge in [-0.25, -0.2) is 0 Å². The van der Waals surface area contributed by atoms with Crippen LogP contribution in [-0.4, -0.2) is 16.7 Å². The number of benzene rings is 1. The molecule has 0 fully saturated rings. The predicted octanol–water partition coefficient (Wildman–Crippen LogP) is 4.76. The largest absolute Gasteiger partial charge is 0.460 e. The van der Waals surface area contributed by atoms with Gasteiger partial charge in [-0.1, -0.05) is 42.8 Å². The molecule has 1 aromatic rings. The molecule has 0 spiro atoms. The van der Waals surface area contributed by atoms with Crippen LogP contribution in [0.2, 0.25) is 0 Å². The van der Waals surface area contributed by atoms with E-state index >= 15 is 0 Å². The van der Waals surface area contributed by atoms with Crippen LogP contribution >= 0.6 is 11.8 Å². The van der Waals surface area contributed by atoms with Crippen LogP contribution in [0.3, 0.4) is 0 Å². The first-order valence-corrected chi connectivity index (χ1v) is 8.53. The Kier molecular flexibility index (Phi) is 7.14. The van der Waals surface area contributed by atoms with Crippen molar-refractivity contribution < 1.29 is 14.3 Å². The smallest absolute Gasteiger partial charge is 0.307 e. The van der Waals surface area contributed by atoms with E-state index in [1.54, 1.807) is 0 Å². The molecule has 1 atom stereocenters. The molecule has 122 valence electrons. The van der Waals surface area contributed by atoms with Gasteiger partial charge in [-0.2, -0.15) is 0 Å². The summed E-state index contributed by atoms with van der Waals surface area (Å²) in [5.74, 6) is -0.588. The molecule has 1 rings (SSSR count). The first kappa shape index (κ1) is 18.8. The Morgan fingerprint density at radius 3 is 2.27 bits per heavy atom. The summed E-state index contributed by atoms with van der Waals surface area (Å²) in [7, 11) is 0. The minimum Gasteiger partial charge on any atom is -0.460 e. The SMILES string of the molecule is CCC[C@@H](CC(=O)OC(C)(C)C)C(=O)Sc1ccc(C)cc1. The lowest BCUT2D eigenvalue weighted by atomic mass is 10.0. The Morgan fingerprint density at radius 2 is 1.77 bits per heavy atom. The van der Waals surface area contributed by atoms with E-state index in [1.807, 2.05) is 58.9 Å². The molecule has 4 heteroatoms. The zero-order valence-corrected chi connectivity index (χ0v) is 15.0. The van der Waals surface area contributed by atoms with Gasteiger partial charge in [-0.3, -0.25) is 9.59 Å². The monoisotopic (exact) mass is 322 g/mol. The maximum absolute atomic E-state index is 12.4. The lowest BCUT2D eigenvalue weighted by molar-refractivity contribution is -0.156. The van der Waals surface area contributed by atoms with E-state index in [0.29, 0.717) is 6.42 Å². The van der Waals surface area contributed by atoms with Crippen molar-refractivity contribution in [1.29, 1.82) is 0 Å². The van der Waals surface area contributed by atoms with Gasteiger partial charge in [-0.15, -0.1) is 0 Å². The molecule has 0 aliphatic heterocycles. The first-order valence-electron chi connectivity index (χ1n) is 7.71. The van der Waals surface area contributed by atoms with Crippen LogP contribution in [0.4, 0.5) is 0 Å². The number of carbonyl (C=O) groups is 2. The van der Waals surface area contributed by atoms with Gasteiger partial charge in [0.05, 0.1) is 6.42 Å². The number of rotatable bonds is 6. The zero-order valence-electron chi connectivity index (χ0n) is 14.1. The summed E-state index contributed by atoms with van der Waals surface area (Å²) in [6, 6.07) is 7.85. The fraction of sp³-hybridized carbons (Fsp3) is 0.556. The molecule has 0 bridgehead atoms. The Balaban J connectivity index is 2.66. The van der Waals surface area contributed by atoms with Crippen molar-refractivity contribution in [3.05, 3.63) is 29.8 Å². The van der Waals surface area contributed by atoms with Gasteiger partial charge in [-0.05, 0) is 46.2 Å². The van der Waals surface area contributed by atoms with E-state index in [9.17, 15) is 9.59 Å². The Labute approximate surface area is 137 Å². The average molecular weight is 322 g/mol. The van der Waals surface area contributed by atoms with E-state index < -0.39 is 5.60 Å². The standard InChI is InChI=1S/C18H26O3S/c1-6-7-14(12-16(19)21-18(3,4)5)17(20)22-15-10-8-13(2)9-11-15/h8-11,14H,6-7,12H2,1-5H3/t14-/m0/s1. The third kappa shape index (κ3) is 7.12. The predicted molar refractivity (Wildman–Crippen MR) is 90.9 cm³/mol. The minimum atomic E-state index is -0.513. The number of hydrogen-bond acceptors (Lipinski definition) is 4. The number of hydrogen-bond donors (Lipinski definition) is 0. The Morgan fingerprint density at radius 1 is 1.18 bits per heavy atom. The molecule has 3 nitrogen and oxygen atoms in total. The molecule has 0 saturated heterocycles. The molecule has 1 aromatic carbocycles. The molecule has 0 amide bonds. The molecule has 0 N–H and O–H groups in total. The molecule has 0 aromatic heterocycles. The number of aryl methyl sites for hydroxylation is 1. The van der Waals surface area contributed by atoms with Gasteiger partial charge in [0.1, 0.15) is 5.60 Å². The topological polar surface area (TPSA) is 43.4 Å². The highest BCUT2D eigenvalue weighted by atomic mass is 32.2. The summed E-state index contributed by atoms with van der Waals surface area (Å²) < 4.78 is 5.33. The van der Waals surface area contributed by atoms with Crippen molar-refractivity contribution in [1.82, 2.24) is 0 Å². The number of ether oxygens (including phenoxy) is 1. The van der Waals surface area contributed by atoms with Gasteiger partial charge in [0, 0.05) is 10.8 Å². The second kappa shape index (κ2) is 8.37. The van der Waals surface area contributed by atoms with Crippen molar-refractivity contribution in [2.75, 3.05) is 0 Å². The highest BCUT2D eigenvalue weighted by Crippen LogP contribution is 2.27. The van der Waals surface area contributed by atoms with E-state index in [2.05, 4.69) is 0 Å². The summed E-state index contributed by atoms with van der Waals surface area (Å²) in [5.41, 5.74) is 0.650. The number of esters is 1. The quantitative estimate of drug-likeness (QED) is 0.559. The molecule has 0 unspecified atom stereocenters. The lowest BCUT2D eigenvalue weighted by Gasteiger charge is -2.21. The van der Waals surface area contributed by atoms with Crippen molar-refractivity contribution >= 4 is 22.8 Å². The van der Waals surface area contributed by atoms with Gasteiger partial charge in [0.15, 0.2) is 5.12 Å². The van der Waals surface area contributed by atoms with Gasteiger partial charge in [0.25, 0.3) is 0 Å². The van der Waals surface area contributed by atoms with E-state index in [1.165, 1.54) is 11.8 Å². The zero-order chi connectivity index (χ0) is 16.8.